The van der Waals surface area contributed by atoms with Crippen LogP contribution in [0.3, 0.4) is 0 Å². The fourth-order valence-electron chi connectivity index (χ4n) is 5.37. The van der Waals surface area contributed by atoms with Crippen LogP contribution in [-0.4, -0.2) is 60.8 Å². The number of benzene rings is 1. The monoisotopic (exact) mass is 581 g/mol. The molecule has 1 aliphatic heterocycles. The summed E-state index contributed by atoms with van der Waals surface area (Å²) in [6, 6.07) is 6.46. The number of nitrogen functional groups attached to an aromatic ring is 1. The Morgan fingerprint density at radius 1 is 1.16 bits per heavy atom. The lowest BCUT2D eigenvalue weighted by molar-refractivity contribution is 0.0288. The number of carbonyl (C=O) groups excluding carboxylic acids is 1. The predicted molar refractivity (Wildman–Crippen MR) is 167 cm³/mol. The second-order valence-corrected chi connectivity index (χ2v) is 12.4. The summed E-state index contributed by atoms with van der Waals surface area (Å²) in [5.74, 6) is 7.38. The fraction of sp³-hybridized carbons (Fsp3) is 0.455. The number of aromatic nitrogens is 5. The van der Waals surface area contributed by atoms with Gasteiger partial charge >= 0.3 is 6.09 Å². The van der Waals surface area contributed by atoms with Crippen molar-refractivity contribution in [1.82, 2.24) is 29.4 Å². The molecule has 0 unspecified atom stereocenters. The maximum Gasteiger partial charge on any atom is 0.410 e. The molecule has 2 aliphatic rings. The first-order chi connectivity index (χ1) is 20.6. The third-order valence-electron chi connectivity index (χ3n) is 7.76. The molecular weight excluding hydrogens is 542 g/mol. The Morgan fingerprint density at radius 2 is 1.98 bits per heavy atom. The average Bonchev–Trinajstić information content (AvgIpc) is 3.36. The highest BCUT2D eigenvalue weighted by atomic mass is 16.6. The Morgan fingerprint density at radius 3 is 2.72 bits per heavy atom. The summed E-state index contributed by atoms with van der Waals surface area (Å²) in [6.45, 7) is 13.5. The smallest absolute Gasteiger partial charge is 0.410 e. The van der Waals surface area contributed by atoms with Crippen molar-refractivity contribution < 1.29 is 14.3 Å². The van der Waals surface area contributed by atoms with Crippen LogP contribution in [0, 0.1) is 11.8 Å². The molecule has 1 saturated heterocycles. The first kappa shape index (κ1) is 28.6. The van der Waals surface area contributed by atoms with E-state index in [1.54, 1.807) is 11.1 Å². The van der Waals surface area contributed by atoms with E-state index in [2.05, 4.69) is 47.3 Å². The maximum absolute atomic E-state index is 12.9. The molecule has 6 rings (SSSR count). The summed E-state index contributed by atoms with van der Waals surface area (Å²) in [4.78, 5) is 19.1. The molecule has 224 valence electrons. The second kappa shape index (κ2) is 11.3. The molecule has 0 radical (unpaired) electrons. The number of likely N-dealkylation sites (tertiary alicyclic amines) is 1. The van der Waals surface area contributed by atoms with Crippen molar-refractivity contribution in [3.05, 3.63) is 54.0 Å². The van der Waals surface area contributed by atoms with Gasteiger partial charge in [-0.25, -0.2) is 9.78 Å². The Bertz CT molecular complexity index is 1760. The van der Waals surface area contributed by atoms with Gasteiger partial charge in [0, 0.05) is 36.4 Å². The molecule has 4 aromatic rings. The fourth-order valence-corrected chi connectivity index (χ4v) is 5.37. The van der Waals surface area contributed by atoms with Gasteiger partial charge in [-0.1, -0.05) is 25.8 Å². The summed E-state index contributed by atoms with van der Waals surface area (Å²) < 4.78 is 15.6. The van der Waals surface area contributed by atoms with Crippen molar-refractivity contribution in [2.24, 2.45) is 0 Å². The molecule has 10 nitrogen and oxygen atoms in total. The molecule has 1 saturated carbocycles. The van der Waals surface area contributed by atoms with Gasteiger partial charge in [0.2, 0.25) is 0 Å². The Balaban J connectivity index is 1.38. The molecule has 10 heteroatoms. The zero-order valence-corrected chi connectivity index (χ0v) is 25.4. The molecular formula is C33H39N7O3. The number of fused-ring (bicyclic) bond motifs is 2. The maximum atomic E-state index is 12.9. The minimum atomic E-state index is -0.573. The molecule has 1 amide bonds. The number of nitrogens with zero attached hydrogens (tertiary/aromatic N) is 6. The minimum Gasteiger partial charge on any atom is -0.493 e. The van der Waals surface area contributed by atoms with E-state index in [0.717, 1.165) is 34.8 Å². The number of hydrogen-bond donors (Lipinski definition) is 1. The summed E-state index contributed by atoms with van der Waals surface area (Å²) in [7, 11) is 0. The Hall–Kier alpha value is -4.52. The van der Waals surface area contributed by atoms with Crippen LogP contribution in [0.1, 0.15) is 88.7 Å². The molecule has 2 fully saturated rings. The zero-order chi connectivity index (χ0) is 30.3. The van der Waals surface area contributed by atoms with Gasteiger partial charge in [0.25, 0.3) is 0 Å². The van der Waals surface area contributed by atoms with E-state index < -0.39 is 5.60 Å². The topological polar surface area (TPSA) is 113 Å². The second-order valence-electron chi connectivity index (χ2n) is 12.4. The van der Waals surface area contributed by atoms with Gasteiger partial charge in [0.05, 0.1) is 40.7 Å². The Kier molecular flexibility index (Phi) is 7.50. The molecule has 1 aromatic carbocycles. The van der Waals surface area contributed by atoms with Gasteiger partial charge in [-0.15, -0.1) is 0 Å². The number of carbonyl (C=O) groups is 1. The third-order valence-corrected chi connectivity index (χ3v) is 7.76. The van der Waals surface area contributed by atoms with Crippen LogP contribution in [0.15, 0.2) is 37.2 Å². The highest BCUT2D eigenvalue weighted by Gasteiger charge is 2.33. The van der Waals surface area contributed by atoms with Gasteiger partial charge in [-0.3, -0.25) is 9.36 Å². The highest BCUT2D eigenvalue weighted by molar-refractivity contribution is 5.99. The van der Waals surface area contributed by atoms with E-state index in [1.165, 1.54) is 12.8 Å². The van der Waals surface area contributed by atoms with Gasteiger partial charge in [0.1, 0.15) is 22.9 Å². The summed E-state index contributed by atoms with van der Waals surface area (Å²) >= 11 is 0. The van der Waals surface area contributed by atoms with E-state index >= 15 is 0 Å². The number of ether oxygens (including phenoxy) is 2. The number of hydrogen-bond acceptors (Lipinski definition) is 7. The van der Waals surface area contributed by atoms with Crippen LogP contribution in [0.2, 0.25) is 0 Å². The molecule has 2 N–H and O–H groups in total. The normalized spacial score (nSPS) is 16.8. The lowest BCUT2D eigenvalue weighted by atomic mass is 10.1. The van der Waals surface area contributed by atoms with Gasteiger partial charge < -0.3 is 20.1 Å². The molecule has 4 heterocycles. The number of anilines is 1. The van der Waals surface area contributed by atoms with Crippen LogP contribution >= 0.6 is 0 Å². The van der Waals surface area contributed by atoms with Gasteiger partial charge in [-0.2, -0.15) is 10.2 Å². The SMILES string of the molecule is C=C(OCCCC)c1cnc(N)c2c(C#Cc3ccc4cn(C5CC5)nc4c3)nn([C@H]3CCN(C(=O)OC(C)(C)C)C3)c12. The number of pyridine rings is 1. The van der Waals surface area contributed by atoms with E-state index in [4.69, 9.17) is 25.4 Å². The summed E-state index contributed by atoms with van der Waals surface area (Å²) in [5, 5.41) is 11.5. The first-order valence-electron chi connectivity index (χ1n) is 15.1. The van der Waals surface area contributed by atoms with Crippen molar-refractivity contribution in [3.63, 3.8) is 0 Å². The van der Waals surface area contributed by atoms with Crippen molar-refractivity contribution >= 4 is 39.5 Å². The van der Waals surface area contributed by atoms with E-state index in [0.29, 0.717) is 60.4 Å². The summed E-state index contributed by atoms with van der Waals surface area (Å²) in [5.41, 5.74) is 9.66. The van der Waals surface area contributed by atoms with Crippen LogP contribution < -0.4 is 5.73 Å². The van der Waals surface area contributed by atoms with E-state index in [1.807, 2.05) is 37.6 Å². The molecule has 43 heavy (non-hydrogen) atoms. The first-order valence-corrected chi connectivity index (χ1v) is 15.1. The van der Waals surface area contributed by atoms with Crippen molar-refractivity contribution in [2.45, 2.75) is 77.5 Å². The average molecular weight is 582 g/mol. The molecule has 1 atom stereocenters. The number of amides is 1. The van der Waals surface area contributed by atoms with Crippen LogP contribution in [0.25, 0.3) is 27.6 Å². The van der Waals surface area contributed by atoms with Gasteiger partial charge in [0.15, 0.2) is 0 Å². The lowest BCUT2D eigenvalue weighted by Gasteiger charge is -2.24. The van der Waals surface area contributed by atoms with E-state index in [9.17, 15) is 4.79 Å². The number of rotatable bonds is 7. The largest absolute Gasteiger partial charge is 0.493 e. The molecule has 1 aliphatic carbocycles. The quantitative estimate of drug-likeness (QED) is 0.160. The Labute approximate surface area is 251 Å². The standard InChI is InChI=1S/C33H39N7O3/c1-6-7-16-42-21(2)26-18-35-31(34)29-27(13-9-22-8-10-23-19-39(24-11-12-24)36-28(23)17-22)37-40(30(26)29)25-14-15-38(20-25)32(41)43-33(3,4)5/h8,10,17-19,24-25H,2,6-7,11-12,14-16,20H2,1,3-5H3,(H2,34,35)/t25-/m0/s1. The molecule has 3 aromatic heterocycles. The van der Waals surface area contributed by atoms with E-state index in [-0.39, 0.29) is 12.1 Å². The predicted octanol–water partition coefficient (Wildman–Crippen LogP) is 6.07. The van der Waals surface area contributed by atoms with Crippen LogP contribution in [0.4, 0.5) is 10.6 Å². The van der Waals surface area contributed by atoms with Crippen molar-refractivity contribution in [3.8, 4) is 11.8 Å². The number of nitrogens with two attached hydrogens (primary N) is 1. The van der Waals surface area contributed by atoms with Crippen molar-refractivity contribution in [2.75, 3.05) is 25.4 Å². The van der Waals surface area contributed by atoms with Crippen molar-refractivity contribution in [1.29, 1.82) is 0 Å². The zero-order valence-electron chi connectivity index (χ0n) is 25.4. The lowest BCUT2D eigenvalue weighted by Crippen LogP contribution is -2.35. The van der Waals surface area contributed by atoms with Crippen LogP contribution in [-0.2, 0) is 9.47 Å². The van der Waals surface area contributed by atoms with Crippen LogP contribution in [0.5, 0.6) is 0 Å². The minimum absolute atomic E-state index is 0.114. The third kappa shape index (κ3) is 6.03. The summed E-state index contributed by atoms with van der Waals surface area (Å²) in [6.07, 6.45) is 8.44. The number of unbranched alkanes of at least 4 members (excludes halogenated alkanes) is 1. The molecule has 0 spiro atoms. The highest BCUT2D eigenvalue weighted by Crippen LogP contribution is 2.36. The molecule has 0 bridgehead atoms. The van der Waals surface area contributed by atoms with Gasteiger partial charge in [-0.05, 0) is 70.6 Å².